The minimum absolute atomic E-state index is 0.0345. The number of aryl methyl sites for hydroxylation is 1. The van der Waals surface area contributed by atoms with Crippen molar-refractivity contribution in [2.24, 2.45) is 7.05 Å². The molecule has 4 nitrogen and oxygen atoms in total. The zero-order valence-electron chi connectivity index (χ0n) is 11.8. The quantitative estimate of drug-likeness (QED) is 0.679. The third-order valence-electron chi connectivity index (χ3n) is 3.52. The van der Waals surface area contributed by atoms with E-state index in [1.807, 2.05) is 33.9 Å². The molecule has 0 bridgehead atoms. The molecule has 0 aromatic carbocycles. The number of rotatable bonds is 3. The van der Waals surface area contributed by atoms with Crippen molar-refractivity contribution in [3.05, 3.63) is 28.7 Å². The van der Waals surface area contributed by atoms with Gasteiger partial charge in [0, 0.05) is 25.0 Å². The van der Waals surface area contributed by atoms with Gasteiger partial charge in [-0.15, -0.1) is 0 Å². The lowest BCUT2D eigenvalue weighted by atomic mass is 10.2. The van der Waals surface area contributed by atoms with Crippen molar-refractivity contribution >= 4 is 29.3 Å². The summed E-state index contributed by atoms with van der Waals surface area (Å²) >= 11 is 5.19. The Bertz CT molecular complexity index is 571. The number of carbonyl (C=O) groups is 1. The van der Waals surface area contributed by atoms with Gasteiger partial charge >= 0.3 is 0 Å². The summed E-state index contributed by atoms with van der Waals surface area (Å²) in [6.45, 7) is 6.78. The Morgan fingerprint density at radius 1 is 1.42 bits per heavy atom. The van der Waals surface area contributed by atoms with E-state index in [4.69, 9.17) is 12.2 Å². The molecular weight excluding hydrogens is 258 g/mol. The van der Waals surface area contributed by atoms with E-state index in [1.54, 1.807) is 4.90 Å². The predicted octanol–water partition coefficient (Wildman–Crippen LogP) is 2.11. The highest BCUT2D eigenvalue weighted by Crippen LogP contribution is 2.19. The Balaban J connectivity index is 2.32. The highest BCUT2D eigenvalue weighted by molar-refractivity contribution is 7.80. The summed E-state index contributed by atoms with van der Waals surface area (Å²) in [4.78, 5) is 13.8. The van der Waals surface area contributed by atoms with Crippen LogP contribution in [-0.4, -0.2) is 27.0 Å². The largest absolute Gasteiger partial charge is 0.352 e. The van der Waals surface area contributed by atoms with Crippen molar-refractivity contribution < 1.29 is 4.79 Å². The molecule has 2 rings (SSSR count). The molecule has 19 heavy (non-hydrogen) atoms. The van der Waals surface area contributed by atoms with Gasteiger partial charge in [-0.2, -0.15) is 0 Å². The summed E-state index contributed by atoms with van der Waals surface area (Å²) in [6.07, 6.45) is 2.77. The standard InChI is InChI=1S/C14H19N3OS/c1-5-6-17-13(18)12(15-14(17)19)8-11-7-9(2)16(4)10(11)3/h7-8H,5-6H2,1-4H3,(H,15,19)/b12-8-. The number of amides is 1. The zero-order chi connectivity index (χ0) is 14.2. The highest BCUT2D eigenvalue weighted by atomic mass is 32.1. The lowest BCUT2D eigenvalue weighted by Gasteiger charge is -2.11. The summed E-state index contributed by atoms with van der Waals surface area (Å²) < 4.78 is 2.11. The summed E-state index contributed by atoms with van der Waals surface area (Å²) in [5, 5.41) is 3.51. The van der Waals surface area contributed by atoms with Crippen LogP contribution in [0.25, 0.3) is 6.08 Å². The molecule has 2 heterocycles. The van der Waals surface area contributed by atoms with E-state index in [-0.39, 0.29) is 5.91 Å². The first-order chi connectivity index (χ1) is 8.95. The number of hydrogen-bond acceptors (Lipinski definition) is 2. The molecule has 1 saturated heterocycles. The second-order valence-corrected chi connectivity index (χ2v) is 5.22. The number of hydrogen-bond donors (Lipinski definition) is 1. The van der Waals surface area contributed by atoms with Crippen LogP contribution in [0.15, 0.2) is 11.8 Å². The van der Waals surface area contributed by atoms with Gasteiger partial charge in [0.2, 0.25) is 0 Å². The number of carbonyl (C=O) groups excluding carboxylic acids is 1. The fraction of sp³-hybridized carbons (Fsp3) is 0.429. The Labute approximate surface area is 119 Å². The summed E-state index contributed by atoms with van der Waals surface area (Å²) in [6, 6.07) is 2.07. The third-order valence-corrected chi connectivity index (χ3v) is 3.85. The molecule has 0 spiro atoms. The summed E-state index contributed by atoms with van der Waals surface area (Å²) in [5.74, 6) is -0.0345. The predicted molar refractivity (Wildman–Crippen MR) is 80.6 cm³/mol. The maximum Gasteiger partial charge on any atom is 0.276 e. The first-order valence-corrected chi connectivity index (χ1v) is 6.84. The van der Waals surface area contributed by atoms with Crippen LogP contribution < -0.4 is 5.32 Å². The van der Waals surface area contributed by atoms with E-state index in [0.717, 1.165) is 17.7 Å². The Hall–Kier alpha value is -1.62. The first kappa shape index (κ1) is 13.8. The van der Waals surface area contributed by atoms with Gasteiger partial charge in [0.05, 0.1) is 0 Å². The first-order valence-electron chi connectivity index (χ1n) is 6.43. The van der Waals surface area contributed by atoms with Gasteiger partial charge in [-0.3, -0.25) is 9.69 Å². The zero-order valence-corrected chi connectivity index (χ0v) is 12.6. The molecule has 1 amide bonds. The van der Waals surface area contributed by atoms with E-state index in [1.165, 1.54) is 5.69 Å². The van der Waals surface area contributed by atoms with Gasteiger partial charge in [-0.25, -0.2) is 0 Å². The molecule has 0 atom stereocenters. The molecule has 1 aliphatic rings. The van der Waals surface area contributed by atoms with E-state index >= 15 is 0 Å². The lowest BCUT2D eigenvalue weighted by molar-refractivity contribution is -0.122. The molecule has 1 aromatic heterocycles. The second kappa shape index (κ2) is 5.17. The second-order valence-electron chi connectivity index (χ2n) is 4.83. The van der Waals surface area contributed by atoms with Gasteiger partial charge in [0.1, 0.15) is 5.70 Å². The summed E-state index contributed by atoms with van der Waals surface area (Å²) in [5.41, 5.74) is 3.92. The topological polar surface area (TPSA) is 37.3 Å². The van der Waals surface area contributed by atoms with Crippen molar-refractivity contribution in [1.82, 2.24) is 14.8 Å². The fourth-order valence-corrected chi connectivity index (χ4v) is 2.47. The van der Waals surface area contributed by atoms with Gasteiger partial charge in [0.15, 0.2) is 5.11 Å². The van der Waals surface area contributed by atoms with Gasteiger partial charge in [-0.05, 0) is 50.2 Å². The maximum absolute atomic E-state index is 12.2. The molecule has 5 heteroatoms. The molecule has 1 N–H and O–H groups in total. The van der Waals surface area contributed by atoms with Crippen molar-refractivity contribution in [2.75, 3.05) is 6.54 Å². The Morgan fingerprint density at radius 3 is 2.63 bits per heavy atom. The molecule has 0 aliphatic carbocycles. The highest BCUT2D eigenvalue weighted by Gasteiger charge is 2.29. The van der Waals surface area contributed by atoms with Crippen LogP contribution in [0.2, 0.25) is 0 Å². The minimum atomic E-state index is -0.0345. The average Bonchev–Trinajstić information content (AvgIpc) is 2.76. The smallest absolute Gasteiger partial charge is 0.276 e. The molecule has 1 fully saturated rings. The molecule has 0 saturated carbocycles. The van der Waals surface area contributed by atoms with Crippen LogP contribution >= 0.6 is 12.2 Å². The van der Waals surface area contributed by atoms with Crippen LogP contribution in [0.4, 0.5) is 0 Å². The SMILES string of the molecule is CCCN1C(=O)/C(=C/c2cc(C)n(C)c2C)NC1=S. The maximum atomic E-state index is 12.2. The minimum Gasteiger partial charge on any atom is -0.352 e. The number of nitrogens with one attached hydrogen (secondary N) is 1. The lowest BCUT2D eigenvalue weighted by Crippen LogP contribution is -2.31. The van der Waals surface area contributed by atoms with Crippen LogP contribution in [0, 0.1) is 13.8 Å². The van der Waals surface area contributed by atoms with Crippen LogP contribution in [-0.2, 0) is 11.8 Å². The monoisotopic (exact) mass is 277 g/mol. The van der Waals surface area contributed by atoms with Crippen molar-refractivity contribution in [3.8, 4) is 0 Å². The van der Waals surface area contributed by atoms with Crippen molar-refractivity contribution in [2.45, 2.75) is 27.2 Å². The van der Waals surface area contributed by atoms with Gasteiger partial charge in [-0.1, -0.05) is 6.92 Å². The van der Waals surface area contributed by atoms with E-state index in [2.05, 4.69) is 16.0 Å². The van der Waals surface area contributed by atoms with Crippen LogP contribution in [0.3, 0.4) is 0 Å². The van der Waals surface area contributed by atoms with Crippen LogP contribution in [0.1, 0.15) is 30.3 Å². The number of nitrogens with zero attached hydrogens (tertiary/aromatic N) is 2. The Morgan fingerprint density at radius 2 is 2.11 bits per heavy atom. The van der Waals surface area contributed by atoms with Gasteiger partial charge in [0.25, 0.3) is 5.91 Å². The fourth-order valence-electron chi connectivity index (χ4n) is 2.18. The molecule has 102 valence electrons. The number of thiocarbonyl (C=S) groups is 1. The third kappa shape index (κ3) is 2.42. The van der Waals surface area contributed by atoms with E-state index in [9.17, 15) is 4.79 Å². The molecule has 1 aliphatic heterocycles. The van der Waals surface area contributed by atoms with Crippen molar-refractivity contribution in [3.63, 3.8) is 0 Å². The molecule has 1 aromatic rings. The van der Waals surface area contributed by atoms with E-state index < -0.39 is 0 Å². The Kier molecular flexibility index (Phi) is 3.75. The van der Waals surface area contributed by atoms with E-state index in [0.29, 0.717) is 17.4 Å². The average molecular weight is 277 g/mol. The summed E-state index contributed by atoms with van der Waals surface area (Å²) in [7, 11) is 2.02. The number of aromatic nitrogens is 1. The van der Waals surface area contributed by atoms with Crippen LogP contribution in [0.5, 0.6) is 0 Å². The van der Waals surface area contributed by atoms with Gasteiger partial charge < -0.3 is 9.88 Å². The molecular formula is C14H19N3OS. The normalized spacial score (nSPS) is 17.5. The molecule has 0 radical (unpaired) electrons. The van der Waals surface area contributed by atoms with Crippen molar-refractivity contribution in [1.29, 1.82) is 0 Å². The molecule has 0 unspecified atom stereocenters.